The van der Waals surface area contributed by atoms with E-state index in [0.29, 0.717) is 11.4 Å². The predicted molar refractivity (Wildman–Crippen MR) is 326 cm³/mol. The minimum atomic E-state index is -0.209. The third kappa shape index (κ3) is 9.89. The number of rotatable bonds is 9. The van der Waals surface area contributed by atoms with Gasteiger partial charge < -0.3 is 14.6 Å². The van der Waals surface area contributed by atoms with Gasteiger partial charge in [0.05, 0.1) is 27.6 Å². The molecule has 0 unspecified atom stereocenters. The van der Waals surface area contributed by atoms with Crippen molar-refractivity contribution in [2.24, 2.45) is 0 Å². The number of aromatic hydroxyl groups is 1. The Bertz CT molecular complexity index is 4160. The van der Waals surface area contributed by atoms with Crippen molar-refractivity contribution < 1.29 is 26.2 Å². The van der Waals surface area contributed by atoms with Crippen LogP contribution >= 0.6 is 0 Å². The third-order valence-electron chi connectivity index (χ3n) is 15.2. The summed E-state index contributed by atoms with van der Waals surface area (Å²) in [5, 5.41) is 13.9. The normalized spacial score (nSPS) is 12.1. The van der Waals surface area contributed by atoms with E-state index in [1.807, 2.05) is 24.4 Å². The Morgan fingerprint density at radius 3 is 1.67 bits per heavy atom. The minimum Gasteiger partial charge on any atom is -0.507 e. The molecule has 0 saturated heterocycles. The molecule has 0 radical (unpaired) electrons. The summed E-state index contributed by atoms with van der Waals surface area (Å²) in [4.78, 5) is 13.0. The van der Waals surface area contributed by atoms with Crippen LogP contribution in [0, 0.1) is 6.07 Å². The topological polar surface area (TPSA) is 59.1 Å². The summed E-state index contributed by atoms with van der Waals surface area (Å²) in [6, 6.07) is 79.0. The molecule has 394 valence electrons. The molecule has 7 heteroatoms. The van der Waals surface area contributed by atoms with Gasteiger partial charge in [-0.3, -0.25) is 9.55 Å². The van der Waals surface area contributed by atoms with Gasteiger partial charge in [0, 0.05) is 77.7 Å². The second kappa shape index (κ2) is 20.5. The number of benzene rings is 9. The van der Waals surface area contributed by atoms with Crippen LogP contribution in [0.4, 0.5) is 17.1 Å². The number of pyridine rings is 1. The zero-order valence-corrected chi connectivity index (χ0v) is 48.6. The summed E-state index contributed by atoms with van der Waals surface area (Å²) in [7, 11) is 0. The van der Waals surface area contributed by atoms with Crippen LogP contribution < -0.4 is 4.90 Å². The molecule has 79 heavy (non-hydrogen) atoms. The smallest absolute Gasteiger partial charge is 0.148 e. The molecule has 3 heterocycles. The third-order valence-corrected chi connectivity index (χ3v) is 15.2. The summed E-state index contributed by atoms with van der Waals surface area (Å²) in [6.07, 6.45) is 1.94. The van der Waals surface area contributed by atoms with E-state index in [1.54, 1.807) is 6.07 Å². The van der Waals surface area contributed by atoms with Crippen molar-refractivity contribution in [3.63, 3.8) is 0 Å². The second-order valence-corrected chi connectivity index (χ2v) is 23.7. The largest absolute Gasteiger partial charge is 0.507 e. The van der Waals surface area contributed by atoms with Crippen LogP contribution in [0.5, 0.6) is 5.75 Å². The summed E-state index contributed by atoms with van der Waals surface area (Å²) in [5.74, 6) is 0.849. The van der Waals surface area contributed by atoms with Gasteiger partial charge in [-0.05, 0) is 118 Å². The van der Waals surface area contributed by atoms with Crippen LogP contribution in [0.1, 0.15) is 79.0 Å². The number of phenols is 1. The van der Waals surface area contributed by atoms with Crippen LogP contribution in [0.15, 0.2) is 219 Å². The maximum absolute atomic E-state index is 11.5. The van der Waals surface area contributed by atoms with Crippen molar-refractivity contribution in [2.75, 3.05) is 4.90 Å². The molecule has 0 bridgehead atoms. The van der Waals surface area contributed by atoms with E-state index in [9.17, 15) is 5.11 Å². The Labute approximate surface area is 479 Å². The summed E-state index contributed by atoms with van der Waals surface area (Å²) >= 11 is 0. The first-order chi connectivity index (χ1) is 37.5. The van der Waals surface area contributed by atoms with Crippen molar-refractivity contribution >= 4 is 49.9 Å². The van der Waals surface area contributed by atoms with Gasteiger partial charge in [0.25, 0.3) is 0 Å². The molecular formula is C72H64N5OPt-. The number of fused-ring (bicyclic) bond motifs is 4. The number of hydrogen-bond acceptors (Lipinski definition) is 4. The Balaban J connectivity index is 0.00000660. The summed E-state index contributed by atoms with van der Waals surface area (Å²) in [5.41, 5.74) is 18.9. The van der Waals surface area contributed by atoms with Crippen molar-refractivity contribution in [3.8, 4) is 62.0 Å². The van der Waals surface area contributed by atoms with Gasteiger partial charge in [0.2, 0.25) is 0 Å². The number of hydrogen-bond donors (Lipinski definition) is 1. The Morgan fingerprint density at radius 1 is 0.443 bits per heavy atom. The molecular weight excluding hydrogens is 1150 g/mol. The van der Waals surface area contributed by atoms with Crippen LogP contribution in [0.25, 0.3) is 89.1 Å². The molecule has 12 aromatic rings. The molecule has 0 amide bonds. The molecule has 0 spiro atoms. The maximum atomic E-state index is 11.5. The van der Waals surface area contributed by atoms with Gasteiger partial charge in [0.15, 0.2) is 0 Å². The van der Waals surface area contributed by atoms with Crippen molar-refractivity contribution in [3.05, 3.63) is 241 Å². The number of nitrogens with zero attached hydrogens (tertiary/aromatic N) is 5. The molecule has 6 nitrogen and oxygen atoms in total. The zero-order valence-electron chi connectivity index (χ0n) is 46.3. The first-order valence-corrected chi connectivity index (χ1v) is 27.0. The molecule has 0 aliphatic heterocycles. The second-order valence-electron chi connectivity index (χ2n) is 23.7. The van der Waals surface area contributed by atoms with Gasteiger partial charge in [-0.1, -0.05) is 189 Å². The van der Waals surface area contributed by atoms with E-state index in [0.717, 1.165) is 89.6 Å². The van der Waals surface area contributed by atoms with E-state index in [-0.39, 0.29) is 43.1 Å². The van der Waals surface area contributed by atoms with Gasteiger partial charge in [-0.15, -0.1) is 29.3 Å². The number of aromatic nitrogens is 4. The van der Waals surface area contributed by atoms with E-state index in [4.69, 9.17) is 9.97 Å². The zero-order chi connectivity index (χ0) is 54.1. The molecule has 0 aliphatic rings. The summed E-state index contributed by atoms with van der Waals surface area (Å²) in [6.45, 7) is 20.4. The van der Waals surface area contributed by atoms with Crippen LogP contribution in [0.2, 0.25) is 0 Å². The standard InChI is InChI=1S/C72H64N5O.Pt/c1-70(2,3)50-40-48(58-31-22-35-65-67(58)74-69(62-30-17-19-36-66(62)78)77(65)57-44-51(71(4,5)6)43-52(45-57)72(7,8)9)39-49(41-50)63-42-47(37-38-73-63)59-32-21-33-61-60-29-16-18-34-64(60)76(68(59)61)56-28-20-27-55(46-56)75(53-23-12-10-13-24-53)54-25-14-11-15-26-54;/h10-38,40-46,78H,1-9H3;/q-1;. The number of phenolic OH excluding ortho intramolecular Hbond substituents is 1. The molecule has 0 aliphatic carbocycles. The SMILES string of the molecule is CC(C)(C)c1cc(-c2cc(-c3cccc4c5ccccc5n(-c5cccc(N(c6ccccc6)c6ccccc6)c5)c34)ccn2)[c-]c(-c2cccc3c2nc(-c2ccccc2O)n3-c2cc(C(C)(C)C)cc(C(C)(C)C)c2)c1.[Pt]. The first kappa shape index (κ1) is 52.7. The Morgan fingerprint density at radius 2 is 0.987 bits per heavy atom. The van der Waals surface area contributed by atoms with Gasteiger partial charge >= 0.3 is 0 Å². The number of imidazole rings is 1. The fourth-order valence-electron chi connectivity index (χ4n) is 11.0. The monoisotopic (exact) mass is 1210 g/mol. The molecule has 1 N–H and O–H groups in total. The van der Waals surface area contributed by atoms with Crippen molar-refractivity contribution in [1.29, 1.82) is 0 Å². The minimum absolute atomic E-state index is 0. The molecule has 9 aromatic carbocycles. The summed E-state index contributed by atoms with van der Waals surface area (Å²) < 4.78 is 4.66. The number of anilines is 3. The van der Waals surface area contributed by atoms with Gasteiger partial charge in [-0.2, -0.15) is 0 Å². The van der Waals surface area contributed by atoms with E-state index < -0.39 is 0 Å². The van der Waals surface area contributed by atoms with Gasteiger partial charge in [-0.25, -0.2) is 4.98 Å². The van der Waals surface area contributed by atoms with Gasteiger partial charge in [0.1, 0.15) is 11.6 Å². The number of para-hydroxylation sites is 6. The molecule has 0 saturated carbocycles. The van der Waals surface area contributed by atoms with E-state index >= 15 is 0 Å². The quantitative estimate of drug-likeness (QED) is 0.146. The average molecular weight is 1210 g/mol. The van der Waals surface area contributed by atoms with E-state index in [1.165, 1.54) is 21.9 Å². The molecule has 3 aromatic heterocycles. The maximum Gasteiger partial charge on any atom is 0.148 e. The van der Waals surface area contributed by atoms with Crippen LogP contribution in [-0.4, -0.2) is 24.2 Å². The molecule has 0 fully saturated rings. The molecule has 0 atom stereocenters. The van der Waals surface area contributed by atoms with Crippen molar-refractivity contribution in [2.45, 2.75) is 78.6 Å². The predicted octanol–water partition coefficient (Wildman–Crippen LogP) is 19.1. The fraction of sp³-hybridized carbons (Fsp3) is 0.167. The van der Waals surface area contributed by atoms with Crippen molar-refractivity contribution in [1.82, 2.24) is 19.1 Å². The Kier molecular flexibility index (Phi) is 13.7. The van der Waals surface area contributed by atoms with Crippen LogP contribution in [-0.2, 0) is 37.3 Å². The first-order valence-electron chi connectivity index (χ1n) is 27.0. The molecule has 12 rings (SSSR count). The fourth-order valence-corrected chi connectivity index (χ4v) is 11.0. The van der Waals surface area contributed by atoms with E-state index in [2.05, 4.69) is 270 Å². The Hall–Kier alpha value is -8.31. The average Bonchev–Trinajstić information content (AvgIpc) is 4.24. The van der Waals surface area contributed by atoms with Crippen LogP contribution in [0.3, 0.4) is 0 Å².